The molecule has 0 amide bonds. The molecule has 1 aromatic heterocycles. The number of nitrogens with zero attached hydrogens (tertiary/aromatic N) is 2. The molecule has 14 heavy (non-hydrogen) atoms. The number of carboxylic acid groups (broad SMARTS) is 1. The van der Waals surface area contributed by atoms with E-state index in [1.165, 1.54) is 11.3 Å². The highest BCUT2D eigenvalue weighted by Crippen LogP contribution is 2.17. The van der Waals surface area contributed by atoms with Crippen LogP contribution in [0.25, 0.3) is 0 Å². The second kappa shape index (κ2) is 4.90. The molecule has 0 aromatic carbocycles. The predicted octanol–water partition coefficient (Wildman–Crippen LogP) is 1.38. The van der Waals surface area contributed by atoms with E-state index >= 15 is 0 Å². The molecule has 2 N–H and O–H groups in total. The average molecular weight is 215 g/mol. The number of carbonyl (C=O) groups is 1. The van der Waals surface area contributed by atoms with Gasteiger partial charge in [-0.2, -0.15) is 0 Å². The van der Waals surface area contributed by atoms with Crippen LogP contribution in [0.5, 0.6) is 0 Å². The van der Waals surface area contributed by atoms with E-state index in [9.17, 15) is 4.79 Å². The molecule has 1 rings (SSSR count). The summed E-state index contributed by atoms with van der Waals surface area (Å²) in [5.41, 5.74) is 0. The van der Waals surface area contributed by atoms with Crippen molar-refractivity contribution in [3.63, 3.8) is 0 Å². The van der Waals surface area contributed by atoms with Crippen molar-refractivity contribution in [2.45, 2.75) is 32.7 Å². The first-order chi connectivity index (χ1) is 6.58. The lowest BCUT2D eigenvalue weighted by Crippen LogP contribution is -2.08. The summed E-state index contributed by atoms with van der Waals surface area (Å²) >= 11 is 1.41. The van der Waals surface area contributed by atoms with Crippen LogP contribution in [0.4, 0.5) is 5.13 Å². The molecular weight excluding hydrogens is 202 g/mol. The molecule has 6 heteroatoms. The van der Waals surface area contributed by atoms with E-state index in [0.29, 0.717) is 12.5 Å². The zero-order valence-corrected chi connectivity index (χ0v) is 8.97. The number of rotatable bonds is 5. The Morgan fingerprint density at radius 1 is 1.57 bits per heavy atom. The molecule has 0 aliphatic heterocycles. The molecule has 0 atom stereocenters. The summed E-state index contributed by atoms with van der Waals surface area (Å²) in [7, 11) is 0. The molecule has 0 aliphatic carbocycles. The third kappa shape index (κ3) is 3.69. The SMILES string of the molecule is CC(C)Nc1nnc(CCC(=O)O)s1. The first-order valence-corrected chi connectivity index (χ1v) is 5.20. The largest absolute Gasteiger partial charge is 0.481 e. The monoisotopic (exact) mass is 215 g/mol. The standard InChI is InChI=1S/C8H13N3O2S/c1-5(2)9-8-11-10-6(14-8)3-4-7(12)13/h5H,3-4H2,1-2H3,(H,9,11)(H,12,13). The van der Waals surface area contributed by atoms with Crippen molar-refractivity contribution >= 4 is 22.4 Å². The van der Waals surface area contributed by atoms with Crippen LogP contribution in [0.1, 0.15) is 25.3 Å². The van der Waals surface area contributed by atoms with Gasteiger partial charge in [-0.05, 0) is 13.8 Å². The number of aryl methyl sites for hydroxylation is 1. The Labute approximate surface area is 86.2 Å². The minimum atomic E-state index is -0.807. The van der Waals surface area contributed by atoms with Gasteiger partial charge in [-0.15, -0.1) is 10.2 Å². The Hall–Kier alpha value is -1.17. The Kier molecular flexibility index (Phi) is 3.82. The number of carboxylic acids is 1. The molecule has 0 unspecified atom stereocenters. The van der Waals surface area contributed by atoms with Crippen LogP contribution in [0.2, 0.25) is 0 Å². The van der Waals surface area contributed by atoms with Crippen molar-refractivity contribution in [3.8, 4) is 0 Å². The second-order valence-electron chi connectivity index (χ2n) is 3.19. The van der Waals surface area contributed by atoms with Crippen molar-refractivity contribution in [2.24, 2.45) is 0 Å². The van der Waals surface area contributed by atoms with E-state index in [4.69, 9.17) is 5.11 Å². The third-order valence-corrected chi connectivity index (χ3v) is 2.35. The lowest BCUT2D eigenvalue weighted by molar-refractivity contribution is -0.136. The van der Waals surface area contributed by atoms with E-state index in [1.54, 1.807) is 0 Å². The van der Waals surface area contributed by atoms with Gasteiger partial charge in [0.05, 0.1) is 6.42 Å². The molecule has 0 fully saturated rings. The quantitative estimate of drug-likeness (QED) is 0.776. The highest BCUT2D eigenvalue weighted by atomic mass is 32.1. The molecule has 0 saturated heterocycles. The normalized spacial score (nSPS) is 10.5. The molecule has 1 heterocycles. The van der Waals surface area contributed by atoms with E-state index in [1.807, 2.05) is 13.8 Å². The Morgan fingerprint density at radius 2 is 2.29 bits per heavy atom. The molecule has 78 valence electrons. The van der Waals surface area contributed by atoms with Gasteiger partial charge in [0.15, 0.2) is 0 Å². The summed E-state index contributed by atoms with van der Waals surface area (Å²) in [6, 6.07) is 0.315. The van der Waals surface area contributed by atoms with E-state index in [0.717, 1.165) is 10.1 Å². The summed E-state index contributed by atoms with van der Waals surface area (Å²) in [5, 5.41) is 20.9. The van der Waals surface area contributed by atoms with Crippen molar-refractivity contribution in [2.75, 3.05) is 5.32 Å². The van der Waals surface area contributed by atoms with Crippen molar-refractivity contribution < 1.29 is 9.90 Å². The fraction of sp³-hybridized carbons (Fsp3) is 0.625. The summed E-state index contributed by atoms with van der Waals surface area (Å²) in [6.45, 7) is 4.02. The van der Waals surface area contributed by atoms with Gasteiger partial charge in [0, 0.05) is 12.5 Å². The van der Waals surface area contributed by atoms with Crippen LogP contribution < -0.4 is 5.32 Å². The highest BCUT2D eigenvalue weighted by Gasteiger charge is 2.06. The number of nitrogens with one attached hydrogen (secondary N) is 1. The van der Waals surface area contributed by atoms with Gasteiger partial charge in [0.25, 0.3) is 0 Å². The average Bonchev–Trinajstić information content (AvgIpc) is 2.47. The minimum absolute atomic E-state index is 0.107. The van der Waals surface area contributed by atoms with Gasteiger partial charge >= 0.3 is 5.97 Å². The Morgan fingerprint density at radius 3 is 2.86 bits per heavy atom. The fourth-order valence-corrected chi connectivity index (χ4v) is 1.76. The smallest absolute Gasteiger partial charge is 0.303 e. The molecule has 0 aliphatic rings. The zero-order valence-electron chi connectivity index (χ0n) is 8.15. The van der Waals surface area contributed by atoms with Gasteiger partial charge in [-0.25, -0.2) is 0 Å². The fourth-order valence-electron chi connectivity index (χ4n) is 0.874. The second-order valence-corrected chi connectivity index (χ2v) is 4.26. The van der Waals surface area contributed by atoms with E-state index in [-0.39, 0.29) is 6.42 Å². The number of anilines is 1. The molecule has 1 aromatic rings. The first-order valence-electron chi connectivity index (χ1n) is 4.38. The van der Waals surface area contributed by atoms with Gasteiger partial charge < -0.3 is 10.4 Å². The number of hydrogen-bond acceptors (Lipinski definition) is 5. The van der Waals surface area contributed by atoms with Crippen LogP contribution in [-0.4, -0.2) is 27.3 Å². The first kappa shape index (κ1) is 10.9. The van der Waals surface area contributed by atoms with Crippen LogP contribution in [0, 0.1) is 0 Å². The molecular formula is C8H13N3O2S. The van der Waals surface area contributed by atoms with Gasteiger partial charge in [0.1, 0.15) is 5.01 Å². The number of aliphatic carboxylic acids is 1. The minimum Gasteiger partial charge on any atom is -0.481 e. The molecule has 0 radical (unpaired) electrons. The molecule has 0 bridgehead atoms. The predicted molar refractivity (Wildman–Crippen MR) is 54.6 cm³/mol. The summed E-state index contributed by atoms with van der Waals surface area (Å²) in [5.74, 6) is -0.807. The maximum absolute atomic E-state index is 10.3. The highest BCUT2D eigenvalue weighted by molar-refractivity contribution is 7.15. The lowest BCUT2D eigenvalue weighted by Gasteiger charge is -2.02. The van der Waals surface area contributed by atoms with Gasteiger partial charge in [-0.1, -0.05) is 11.3 Å². The van der Waals surface area contributed by atoms with Crippen molar-refractivity contribution in [3.05, 3.63) is 5.01 Å². The van der Waals surface area contributed by atoms with Crippen molar-refractivity contribution in [1.82, 2.24) is 10.2 Å². The van der Waals surface area contributed by atoms with E-state index < -0.39 is 5.97 Å². The van der Waals surface area contributed by atoms with Crippen LogP contribution in [0.15, 0.2) is 0 Å². The van der Waals surface area contributed by atoms with Crippen LogP contribution >= 0.6 is 11.3 Å². The summed E-state index contributed by atoms with van der Waals surface area (Å²) in [6.07, 6.45) is 0.559. The zero-order chi connectivity index (χ0) is 10.6. The van der Waals surface area contributed by atoms with Crippen LogP contribution in [-0.2, 0) is 11.2 Å². The lowest BCUT2D eigenvalue weighted by atomic mass is 10.3. The van der Waals surface area contributed by atoms with E-state index in [2.05, 4.69) is 15.5 Å². The van der Waals surface area contributed by atoms with Gasteiger partial charge in [-0.3, -0.25) is 4.79 Å². The molecule has 0 spiro atoms. The maximum atomic E-state index is 10.3. The molecule has 0 saturated carbocycles. The summed E-state index contributed by atoms with van der Waals surface area (Å²) in [4.78, 5) is 10.3. The molecule has 5 nitrogen and oxygen atoms in total. The summed E-state index contributed by atoms with van der Waals surface area (Å²) < 4.78 is 0. The van der Waals surface area contributed by atoms with Crippen molar-refractivity contribution in [1.29, 1.82) is 0 Å². The third-order valence-electron chi connectivity index (χ3n) is 1.43. The van der Waals surface area contributed by atoms with Crippen LogP contribution in [0.3, 0.4) is 0 Å². The van der Waals surface area contributed by atoms with Gasteiger partial charge in [0.2, 0.25) is 5.13 Å². The topological polar surface area (TPSA) is 75.1 Å². The maximum Gasteiger partial charge on any atom is 0.303 e. The number of aromatic nitrogens is 2. The number of hydrogen-bond donors (Lipinski definition) is 2. The Balaban J connectivity index is 2.46. The Bertz CT molecular complexity index is 311.